The molecule has 1 heterocycles. The van der Waals surface area contributed by atoms with Gasteiger partial charge in [0.05, 0.1) is 0 Å². The predicted octanol–water partition coefficient (Wildman–Crippen LogP) is 3.67. The van der Waals surface area contributed by atoms with Crippen LogP contribution < -0.4 is 5.32 Å². The quantitative estimate of drug-likeness (QED) is 0.835. The van der Waals surface area contributed by atoms with E-state index in [1.165, 1.54) is 64.6 Å². The van der Waals surface area contributed by atoms with E-state index in [4.69, 9.17) is 0 Å². The van der Waals surface area contributed by atoms with E-state index >= 15 is 0 Å². The highest BCUT2D eigenvalue weighted by molar-refractivity contribution is 4.94. The van der Waals surface area contributed by atoms with Gasteiger partial charge in [0.25, 0.3) is 0 Å². The van der Waals surface area contributed by atoms with Crippen LogP contribution in [0.3, 0.4) is 0 Å². The molecule has 0 radical (unpaired) electrons. The van der Waals surface area contributed by atoms with Crippen molar-refractivity contribution in [1.29, 1.82) is 0 Å². The molecule has 2 rings (SSSR count). The lowest BCUT2D eigenvalue weighted by atomic mass is 9.67. The fourth-order valence-electron chi connectivity index (χ4n) is 4.29. The molecule has 2 heteroatoms. The highest BCUT2D eigenvalue weighted by Gasteiger charge is 2.38. The minimum Gasteiger partial charge on any atom is -0.313 e. The molecule has 19 heavy (non-hydrogen) atoms. The van der Waals surface area contributed by atoms with Gasteiger partial charge in [-0.05, 0) is 56.7 Å². The van der Waals surface area contributed by atoms with Crippen LogP contribution >= 0.6 is 0 Å². The predicted molar refractivity (Wildman–Crippen MR) is 83.5 cm³/mol. The number of nitrogens with zero attached hydrogens (tertiary/aromatic N) is 1. The van der Waals surface area contributed by atoms with Gasteiger partial charge in [-0.3, -0.25) is 0 Å². The Balaban J connectivity index is 1.95. The van der Waals surface area contributed by atoms with Gasteiger partial charge < -0.3 is 10.2 Å². The standard InChI is InChI=1S/C17H34N2/c1-4-18-16-15(10-9-11-17(16,2)3)14-19-12-7-5-6-8-13-19/h15-16,18H,4-14H2,1-3H3. The van der Waals surface area contributed by atoms with Crippen molar-refractivity contribution in [1.82, 2.24) is 10.2 Å². The molecule has 1 saturated carbocycles. The summed E-state index contributed by atoms with van der Waals surface area (Å²) in [6.45, 7) is 12.3. The second-order valence-electron chi connectivity index (χ2n) is 7.39. The third-order valence-electron chi connectivity index (χ3n) is 5.32. The van der Waals surface area contributed by atoms with E-state index in [9.17, 15) is 0 Å². The summed E-state index contributed by atoms with van der Waals surface area (Å²) in [4.78, 5) is 2.75. The molecule has 1 aliphatic heterocycles. The average Bonchev–Trinajstić information content (AvgIpc) is 2.62. The van der Waals surface area contributed by atoms with Crippen LogP contribution in [0.5, 0.6) is 0 Å². The van der Waals surface area contributed by atoms with Gasteiger partial charge in [0.1, 0.15) is 0 Å². The van der Waals surface area contributed by atoms with E-state index in [-0.39, 0.29) is 0 Å². The summed E-state index contributed by atoms with van der Waals surface area (Å²) in [5, 5.41) is 3.80. The lowest BCUT2D eigenvalue weighted by Gasteiger charge is -2.46. The molecular weight excluding hydrogens is 232 g/mol. The Labute approximate surface area is 120 Å². The summed E-state index contributed by atoms with van der Waals surface area (Å²) in [5.74, 6) is 0.863. The Morgan fingerprint density at radius 3 is 2.37 bits per heavy atom. The molecule has 1 aliphatic carbocycles. The van der Waals surface area contributed by atoms with Crippen molar-refractivity contribution in [3.8, 4) is 0 Å². The molecular formula is C17H34N2. The maximum atomic E-state index is 3.80. The Morgan fingerprint density at radius 2 is 1.74 bits per heavy atom. The Kier molecular flexibility index (Phi) is 5.70. The van der Waals surface area contributed by atoms with Gasteiger partial charge in [-0.1, -0.05) is 40.0 Å². The largest absolute Gasteiger partial charge is 0.313 e. The van der Waals surface area contributed by atoms with Crippen molar-refractivity contribution in [3.05, 3.63) is 0 Å². The maximum absolute atomic E-state index is 3.80. The third-order valence-corrected chi connectivity index (χ3v) is 5.32. The number of hydrogen-bond donors (Lipinski definition) is 1. The van der Waals surface area contributed by atoms with Crippen LogP contribution in [0.15, 0.2) is 0 Å². The minimum atomic E-state index is 0.477. The first kappa shape index (κ1) is 15.3. The number of rotatable bonds is 4. The fourth-order valence-corrected chi connectivity index (χ4v) is 4.29. The van der Waals surface area contributed by atoms with Crippen LogP contribution in [0, 0.1) is 11.3 Å². The van der Waals surface area contributed by atoms with E-state index in [0.717, 1.165) is 18.5 Å². The minimum absolute atomic E-state index is 0.477. The smallest absolute Gasteiger partial charge is 0.0159 e. The summed E-state index contributed by atoms with van der Waals surface area (Å²) in [7, 11) is 0. The fraction of sp³-hybridized carbons (Fsp3) is 1.00. The van der Waals surface area contributed by atoms with Gasteiger partial charge in [-0.15, -0.1) is 0 Å². The molecule has 112 valence electrons. The third kappa shape index (κ3) is 4.19. The average molecular weight is 266 g/mol. The van der Waals surface area contributed by atoms with Crippen LogP contribution in [0.25, 0.3) is 0 Å². The molecule has 2 aliphatic rings. The van der Waals surface area contributed by atoms with Crippen LogP contribution in [-0.2, 0) is 0 Å². The van der Waals surface area contributed by atoms with Crippen molar-refractivity contribution in [2.45, 2.75) is 71.8 Å². The highest BCUT2D eigenvalue weighted by atomic mass is 15.1. The van der Waals surface area contributed by atoms with Gasteiger partial charge in [-0.25, -0.2) is 0 Å². The van der Waals surface area contributed by atoms with Crippen molar-refractivity contribution in [2.24, 2.45) is 11.3 Å². The first-order chi connectivity index (χ1) is 9.13. The summed E-state index contributed by atoms with van der Waals surface area (Å²) in [6, 6.07) is 0.717. The Bertz CT molecular complexity index is 254. The number of hydrogen-bond acceptors (Lipinski definition) is 2. The highest BCUT2D eigenvalue weighted by Crippen LogP contribution is 2.39. The van der Waals surface area contributed by atoms with Gasteiger partial charge >= 0.3 is 0 Å². The zero-order chi connectivity index (χ0) is 13.7. The second kappa shape index (κ2) is 7.08. The SMILES string of the molecule is CCNC1C(CN2CCCCCC2)CCCC1(C)C. The Morgan fingerprint density at radius 1 is 1.05 bits per heavy atom. The summed E-state index contributed by atoms with van der Waals surface area (Å²) in [6.07, 6.45) is 9.97. The molecule has 0 amide bonds. The molecule has 0 aromatic rings. The van der Waals surface area contributed by atoms with Crippen molar-refractivity contribution < 1.29 is 0 Å². The molecule has 1 saturated heterocycles. The molecule has 1 N–H and O–H groups in total. The Hall–Kier alpha value is -0.0800. The molecule has 2 nitrogen and oxygen atoms in total. The van der Waals surface area contributed by atoms with Crippen LogP contribution in [0.1, 0.15) is 65.7 Å². The second-order valence-corrected chi connectivity index (χ2v) is 7.39. The van der Waals surface area contributed by atoms with Gasteiger partial charge in [0, 0.05) is 12.6 Å². The molecule has 0 bridgehead atoms. The number of likely N-dealkylation sites (tertiary alicyclic amines) is 1. The molecule has 2 fully saturated rings. The maximum Gasteiger partial charge on any atom is 0.0159 e. The molecule has 0 spiro atoms. The van der Waals surface area contributed by atoms with Crippen LogP contribution in [0.4, 0.5) is 0 Å². The van der Waals surface area contributed by atoms with E-state index < -0.39 is 0 Å². The zero-order valence-corrected chi connectivity index (χ0v) is 13.4. The zero-order valence-electron chi connectivity index (χ0n) is 13.4. The van der Waals surface area contributed by atoms with Gasteiger partial charge in [-0.2, -0.15) is 0 Å². The van der Waals surface area contributed by atoms with Crippen molar-refractivity contribution >= 4 is 0 Å². The lowest BCUT2D eigenvalue weighted by Crippen LogP contribution is -2.52. The molecule has 0 aromatic heterocycles. The topological polar surface area (TPSA) is 15.3 Å². The summed E-state index contributed by atoms with van der Waals surface area (Å²) < 4.78 is 0. The molecule has 0 aromatic carbocycles. The van der Waals surface area contributed by atoms with Crippen LogP contribution in [0.2, 0.25) is 0 Å². The first-order valence-electron chi connectivity index (χ1n) is 8.59. The van der Waals surface area contributed by atoms with Gasteiger partial charge in [0.2, 0.25) is 0 Å². The normalized spacial score (nSPS) is 33.0. The molecule has 2 unspecified atom stereocenters. The monoisotopic (exact) mass is 266 g/mol. The van der Waals surface area contributed by atoms with E-state index in [2.05, 4.69) is 31.0 Å². The van der Waals surface area contributed by atoms with E-state index in [1.54, 1.807) is 0 Å². The van der Waals surface area contributed by atoms with E-state index in [1.807, 2.05) is 0 Å². The van der Waals surface area contributed by atoms with Gasteiger partial charge in [0.15, 0.2) is 0 Å². The van der Waals surface area contributed by atoms with E-state index in [0.29, 0.717) is 5.41 Å². The van der Waals surface area contributed by atoms with Crippen molar-refractivity contribution in [2.75, 3.05) is 26.2 Å². The van der Waals surface area contributed by atoms with Crippen LogP contribution in [-0.4, -0.2) is 37.1 Å². The summed E-state index contributed by atoms with van der Waals surface area (Å²) in [5.41, 5.74) is 0.477. The summed E-state index contributed by atoms with van der Waals surface area (Å²) >= 11 is 0. The number of nitrogens with one attached hydrogen (secondary N) is 1. The molecule has 2 atom stereocenters. The van der Waals surface area contributed by atoms with Crippen molar-refractivity contribution in [3.63, 3.8) is 0 Å². The first-order valence-corrected chi connectivity index (χ1v) is 8.59. The lowest BCUT2D eigenvalue weighted by molar-refractivity contribution is 0.0806.